The van der Waals surface area contributed by atoms with E-state index in [2.05, 4.69) is 31.6 Å². The molecule has 0 saturated heterocycles. The molecule has 0 bridgehead atoms. The summed E-state index contributed by atoms with van der Waals surface area (Å²) in [4.78, 5) is 11.5. The maximum Gasteiger partial charge on any atom is 0.238 e. The van der Waals surface area contributed by atoms with Crippen LogP contribution in [0, 0.1) is 0 Å². The van der Waals surface area contributed by atoms with E-state index in [0.29, 0.717) is 6.42 Å². The molecule has 0 aliphatic heterocycles. The highest BCUT2D eigenvalue weighted by Gasteiger charge is 2.19. The van der Waals surface area contributed by atoms with Crippen molar-refractivity contribution in [2.75, 3.05) is 14.2 Å². The number of hydrogen-bond acceptors (Lipinski definition) is 3. The van der Waals surface area contributed by atoms with Gasteiger partial charge in [0.15, 0.2) is 0 Å². The Kier molecular flexibility index (Phi) is 4.73. The fourth-order valence-corrected chi connectivity index (χ4v) is 1.82. The van der Waals surface area contributed by atoms with E-state index in [0.717, 1.165) is 16.9 Å². The highest BCUT2D eigenvalue weighted by atomic mass is 16.5. The molecule has 0 spiro atoms. The fraction of sp³-hybridized carbons (Fsp3) is 0.500. The van der Waals surface area contributed by atoms with Crippen molar-refractivity contribution in [2.24, 2.45) is 0 Å². The van der Waals surface area contributed by atoms with Crippen LogP contribution in [0.15, 0.2) is 18.2 Å². The van der Waals surface area contributed by atoms with Gasteiger partial charge in [-0.3, -0.25) is 10.2 Å². The molecule has 1 amide bonds. The first kappa shape index (κ1) is 14.5. The first-order valence-electron chi connectivity index (χ1n) is 6.01. The number of hydrogen-bond donors (Lipinski definition) is 2. The van der Waals surface area contributed by atoms with Gasteiger partial charge in [0.2, 0.25) is 5.91 Å². The van der Waals surface area contributed by atoms with E-state index in [9.17, 15) is 4.79 Å². The van der Waals surface area contributed by atoms with E-state index in [-0.39, 0.29) is 11.3 Å². The molecule has 1 rings (SSSR count). The zero-order valence-electron chi connectivity index (χ0n) is 11.8. The maximum atomic E-state index is 11.5. The number of benzene rings is 1. The summed E-state index contributed by atoms with van der Waals surface area (Å²) < 4.78 is 5.37. The van der Waals surface area contributed by atoms with Crippen LogP contribution in [0.25, 0.3) is 0 Å². The molecule has 2 N–H and O–H groups in total. The lowest BCUT2D eigenvalue weighted by Crippen LogP contribution is -2.35. The summed E-state index contributed by atoms with van der Waals surface area (Å²) in [6.45, 7) is 6.38. The maximum absolute atomic E-state index is 11.5. The number of methoxy groups -OCH3 is 1. The van der Waals surface area contributed by atoms with Gasteiger partial charge in [-0.25, -0.2) is 5.43 Å². The fourth-order valence-electron chi connectivity index (χ4n) is 1.82. The van der Waals surface area contributed by atoms with Gasteiger partial charge in [0.25, 0.3) is 0 Å². The Morgan fingerprint density at radius 1 is 1.33 bits per heavy atom. The molecule has 4 nitrogen and oxygen atoms in total. The van der Waals surface area contributed by atoms with Crippen LogP contribution >= 0.6 is 0 Å². The number of carbonyl (C=O) groups excluding carboxylic acids is 1. The number of rotatable bonds is 4. The molecule has 4 heteroatoms. The van der Waals surface area contributed by atoms with Crippen molar-refractivity contribution in [3.05, 3.63) is 29.3 Å². The number of nitrogens with one attached hydrogen (secondary N) is 2. The highest BCUT2D eigenvalue weighted by molar-refractivity contribution is 5.78. The Morgan fingerprint density at radius 3 is 2.50 bits per heavy atom. The van der Waals surface area contributed by atoms with Crippen molar-refractivity contribution < 1.29 is 9.53 Å². The number of ether oxygens (including phenoxy) is 1. The van der Waals surface area contributed by atoms with E-state index in [1.165, 1.54) is 0 Å². The molecule has 18 heavy (non-hydrogen) atoms. The molecular formula is C14H22N2O2. The zero-order valence-corrected chi connectivity index (χ0v) is 11.8. The molecule has 0 aliphatic carbocycles. The van der Waals surface area contributed by atoms with E-state index in [1.807, 2.05) is 18.2 Å². The quantitative estimate of drug-likeness (QED) is 0.801. The van der Waals surface area contributed by atoms with Gasteiger partial charge in [-0.1, -0.05) is 32.9 Å². The van der Waals surface area contributed by atoms with Gasteiger partial charge in [0, 0.05) is 7.05 Å². The number of amides is 1. The molecule has 1 aromatic rings. The molecular weight excluding hydrogens is 228 g/mol. The Morgan fingerprint density at radius 2 is 2.00 bits per heavy atom. The summed E-state index contributed by atoms with van der Waals surface area (Å²) in [5, 5.41) is 0. The SMILES string of the molecule is CNNC(=O)Cc1ccc(OC)c(C(C)(C)C)c1. The predicted molar refractivity (Wildman–Crippen MR) is 72.6 cm³/mol. The molecule has 1 aromatic carbocycles. The predicted octanol–water partition coefficient (Wildman–Crippen LogP) is 1.79. The first-order valence-corrected chi connectivity index (χ1v) is 6.01. The van der Waals surface area contributed by atoms with Crippen LogP contribution in [0.4, 0.5) is 0 Å². The van der Waals surface area contributed by atoms with Crippen molar-refractivity contribution in [2.45, 2.75) is 32.6 Å². The molecule has 0 fully saturated rings. The summed E-state index contributed by atoms with van der Waals surface area (Å²) in [6.07, 6.45) is 0.355. The monoisotopic (exact) mass is 250 g/mol. The molecule has 0 atom stereocenters. The lowest BCUT2D eigenvalue weighted by atomic mass is 9.85. The smallest absolute Gasteiger partial charge is 0.238 e. The summed E-state index contributed by atoms with van der Waals surface area (Å²) >= 11 is 0. The minimum atomic E-state index is -0.0532. The van der Waals surface area contributed by atoms with Crippen LogP contribution < -0.4 is 15.6 Å². The third-order valence-corrected chi connectivity index (χ3v) is 2.70. The molecule has 0 unspecified atom stereocenters. The highest BCUT2D eigenvalue weighted by Crippen LogP contribution is 2.32. The van der Waals surface area contributed by atoms with Crippen LogP contribution in [0.1, 0.15) is 31.9 Å². The van der Waals surface area contributed by atoms with Crippen molar-refractivity contribution in [1.29, 1.82) is 0 Å². The van der Waals surface area contributed by atoms with Gasteiger partial charge in [0.1, 0.15) is 5.75 Å². The third-order valence-electron chi connectivity index (χ3n) is 2.70. The van der Waals surface area contributed by atoms with E-state index in [1.54, 1.807) is 14.2 Å². The number of carbonyl (C=O) groups is 1. The second-order valence-electron chi connectivity index (χ2n) is 5.26. The molecule has 0 aromatic heterocycles. The van der Waals surface area contributed by atoms with Gasteiger partial charge in [0.05, 0.1) is 13.5 Å². The summed E-state index contributed by atoms with van der Waals surface area (Å²) in [5.74, 6) is 0.808. The molecule has 0 radical (unpaired) electrons. The average molecular weight is 250 g/mol. The summed E-state index contributed by atoms with van der Waals surface area (Å²) in [7, 11) is 3.34. The molecule has 0 aliphatic rings. The van der Waals surface area contributed by atoms with Gasteiger partial charge >= 0.3 is 0 Å². The molecule has 0 heterocycles. The van der Waals surface area contributed by atoms with Gasteiger partial charge in [-0.05, 0) is 22.6 Å². The van der Waals surface area contributed by atoms with Crippen molar-refractivity contribution >= 4 is 5.91 Å². The van der Waals surface area contributed by atoms with Crippen molar-refractivity contribution in [3.8, 4) is 5.75 Å². The lowest BCUT2D eigenvalue weighted by molar-refractivity contribution is -0.121. The van der Waals surface area contributed by atoms with Crippen LogP contribution in [0.5, 0.6) is 5.75 Å². The topological polar surface area (TPSA) is 50.4 Å². The molecule has 0 saturated carbocycles. The average Bonchev–Trinajstić information content (AvgIpc) is 2.28. The normalized spacial score (nSPS) is 11.2. The Hall–Kier alpha value is -1.55. The standard InChI is InChI=1S/C14H22N2O2/c1-14(2,3)11-8-10(6-7-12(11)18-5)9-13(17)16-15-4/h6-8,15H,9H2,1-5H3,(H,16,17). The van der Waals surface area contributed by atoms with Crippen LogP contribution in [0.2, 0.25) is 0 Å². The lowest BCUT2D eigenvalue weighted by Gasteiger charge is -2.22. The van der Waals surface area contributed by atoms with Gasteiger partial charge in [-0.2, -0.15) is 0 Å². The zero-order chi connectivity index (χ0) is 13.8. The summed E-state index contributed by atoms with van der Waals surface area (Å²) in [5.41, 5.74) is 7.27. The molecule has 100 valence electrons. The van der Waals surface area contributed by atoms with Crippen molar-refractivity contribution in [1.82, 2.24) is 10.9 Å². The largest absolute Gasteiger partial charge is 0.496 e. The van der Waals surface area contributed by atoms with Crippen LogP contribution in [-0.4, -0.2) is 20.1 Å². The second-order valence-corrected chi connectivity index (χ2v) is 5.26. The Bertz CT molecular complexity index is 422. The minimum absolute atomic E-state index is 0.0131. The van der Waals surface area contributed by atoms with Gasteiger partial charge in [-0.15, -0.1) is 0 Å². The third kappa shape index (κ3) is 3.74. The van der Waals surface area contributed by atoms with Crippen LogP contribution in [0.3, 0.4) is 0 Å². The first-order chi connectivity index (χ1) is 8.38. The number of hydrazine groups is 1. The van der Waals surface area contributed by atoms with E-state index < -0.39 is 0 Å². The second kappa shape index (κ2) is 5.87. The van der Waals surface area contributed by atoms with Gasteiger partial charge < -0.3 is 4.74 Å². The minimum Gasteiger partial charge on any atom is -0.496 e. The van der Waals surface area contributed by atoms with E-state index >= 15 is 0 Å². The van der Waals surface area contributed by atoms with Crippen molar-refractivity contribution in [3.63, 3.8) is 0 Å². The summed E-state index contributed by atoms with van der Waals surface area (Å²) in [6, 6.07) is 5.87. The Balaban J connectivity index is 3.00. The van der Waals surface area contributed by atoms with Crippen LogP contribution in [-0.2, 0) is 16.6 Å². The van der Waals surface area contributed by atoms with E-state index in [4.69, 9.17) is 4.74 Å². The Labute approximate surface area is 109 Å².